The number of nitrogens with one attached hydrogen (secondary N) is 2. The average Bonchev–Trinajstić information content (AvgIpc) is 2.73. The molecule has 2 saturated carbocycles. The summed E-state index contributed by atoms with van der Waals surface area (Å²) in [4.78, 5) is 7.08. The second kappa shape index (κ2) is 12.8. The lowest BCUT2D eigenvalue weighted by atomic mass is 9.55. The maximum absolute atomic E-state index is 6.11. The summed E-state index contributed by atoms with van der Waals surface area (Å²) in [5.74, 6) is 0.983. The molecule has 2 aliphatic carbocycles. The smallest absolute Gasteiger partial charge is 0.191 e. The van der Waals surface area contributed by atoms with Gasteiger partial charge in [0.2, 0.25) is 0 Å². The van der Waals surface area contributed by atoms with Crippen LogP contribution in [-0.4, -0.2) is 75.0 Å². The van der Waals surface area contributed by atoms with Crippen molar-refractivity contribution < 1.29 is 9.47 Å². The number of hydrogen-bond acceptors (Lipinski definition) is 4. The minimum atomic E-state index is 0. The molecule has 0 aromatic carbocycles. The topological polar surface area (TPSA) is 58.1 Å². The van der Waals surface area contributed by atoms with Crippen molar-refractivity contribution in [2.75, 3.05) is 39.9 Å². The van der Waals surface area contributed by atoms with Gasteiger partial charge < -0.3 is 25.0 Å². The van der Waals surface area contributed by atoms with Gasteiger partial charge in [-0.05, 0) is 52.9 Å². The van der Waals surface area contributed by atoms with Crippen LogP contribution in [0.25, 0.3) is 0 Å². The Balaban J connectivity index is 0.00000320. The van der Waals surface area contributed by atoms with E-state index < -0.39 is 0 Å². The van der Waals surface area contributed by atoms with Gasteiger partial charge in [-0.3, -0.25) is 4.99 Å². The van der Waals surface area contributed by atoms with Crippen LogP contribution in [0.5, 0.6) is 0 Å². The van der Waals surface area contributed by atoms with Crippen LogP contribution in [0.2, 0.25) is 0 Å². The molecule has 2 N–H and O–H groups in total. The first-order chi connectivity index (χ1) is 14.1. The summed E-state index contributed by atoms with van der Waals surface area (Å²) in [5.41, 5.74) is 0.325. The Bertz CT molecular complexity index is 517. The van der Waals surface area contributed by atoms with Crippen LogP contribution in [0.15, 0.2) is 4.99 Å². The molecule has 1 heterocycles. The number of aliphatic imine (C=N–C) groups is 1. The van der Waals surface area contributed by atoms with E-state index in [1.54, 1.807) is 0 Å². The van der Waals surface area contributed by atoms with Crippen molar-refractivity contribution in [3.63, 3.8) is 0 Å². The Morgan fingerprint density at radius 1 is 1.13 bits per heavy atom. The largest absolute Gasteiger partial charge is 0.378 e. The summed E-state index contributed by atoms with van der Waals surface area (Å²) in [6.07, 6.45) is 10.8. The molecule has 0 amide bonds. The Morgan fingerprint density at radius 3 is 2.43 bits per heavy atom. The normalized spacial score (nSPS) is 27.6. The van der Waals surface area contributed by atoms with Crippen LogP contribution in [0.4, 0.5) is 0 Å². The fourth-order valence-electron chi connectivity index (χ4n) is 5.51. The van der Waals surface area contributed by atoms with Crippen LogP contribution in [0.1, 0.15) is 72.1 Å². The lowest BCUT2D eigenvalue weighted by Crippen LogP contribution is -2.67. The molecule has 1 saturated heterocycles. The fourth-order valence-corrected chi connectivity index (χ4v) is 5.51. The molecule has 6 nitrogen and oxygen atoms in total. The van der Waals surface area contributed by atoms with Crippen LogP contribution in [-0.2, 0) is 9.47 Å². The van der Waals surface area contributed by atoms with E-state index in [9.17, 15) is 0 Å². The maximum atomic E-state index is 6.11. The number of nitrogens with zero attached hydrogens (tertiary/aromatic N) is 2. The molecule has 1 spiro atoms. The van der Waals surface area contributed by atoms with Crippen molar-refractivity contribution in [2.45, 2.75) is 96.4 Å². The number of rotatable bonds is 8. The van der Waals surface area contributed by atoms with Gasteiger partial charge in [0.15, 0.2) is 5.96 Å². The van der Waals surface area contributed by atoms with Gasteiger partial charge in [-0.15, -0.1) is 24.0 Å². The molecule has 3 aliphatic rings. The quantitative estimate of drug-likeness (QED) is 0.281. The number of likely N-dealkylation sites (tertiary alicyclic amines) is 1. The van der Waals surface area contributed by atoms with Gasteiger partial charge in [0, 0.05) is 50.8 Å². The predicted octanol–water partition coefficient (Wildman–Crippen LogP) is 3.79. The molecule has 3 rings (SSSR count). The zero-order valence-corrected chi connectivity index (χ0v) is 22.0. The van der Waals surface area contributed by atoms with E-state index in [0.717, 1.165) is 45.2 Å². The van der Waals surface area contributed by atoms with Gasteiger partial charge in [-0.25, -0.2) is 0 Å². The summed E-state index contributed by atoms with van der Waals surface area (Å²) in [7, 11) is 1.90. The third-order valence-electron chi connectivity index (χ3n) is 7.26. The molecule has 176 valence electrons. The molecule has 0 aromatic heterocycles. The summed E-state index contributed by atoms with van der Waals surface area (Å²) < 4.78 is 11.8. The zero-order chi connectivity index (χ0) is 20.7. The van der Waals surface area contributed by atoms with E-state index in [2.05, 4.69) is 41.3 Å². The second-order valence-electron chi connectivity index (χ2n) is 9.42. The van der Waals surface area contributed by atoms with Crippen LogP contribution in [0, 0.1) is 5.41 Å². The van der Waals surface area contributed by atoms with Gasteiger partial charge in [0.05, 0.1) is 18.8 Å². The minimum absolute atomic E-state index is 0. The molecular formula is C23H45IN4O2. The molecule has 0 bridgehead atoms. The number of halogens is 1. The third kappa shape index (κ3) is 6.69. The average molecular weight is 537 g/mol. The highest BCUT2D eigenvalue weighted by atomic mass is 127. The maximum Gasteiger partial charge on any atom is 0.191 e. The van der Waals surface area contributed by atoms with Gasteiger partial charge in [0.25, 0.3) is 0 Å². The van der Waals surface area contributed by atoms with Gasteiger partial charge in [-0.1, -0.05) is 19.3 Å². The van der Waals surface area contributed by atoms with E-state index in [-0.39, 0.29) is 24.0 Å². The highest BCUT2D eigenvalue weighted by Gasteiger charge is 2.55. The Morgan fingerprint density at radius 2 is 1.83 bits per heavy atom. The van der Waals surface area contributed by atoms with Crippen molar-refractivity contribution >= 4 is 29.9 Å². The lowest BCUT2D eigenvalue weighted by molar-refractivity contribution is -0.145. The SMILES string of the molecule is CCOC1CC(NC(=NC)NC2CCN(CCOC(C)C)CC2)C12CCCCC2.I. The van der Waals surface area contributed by atoms with Crippen LogP contribution < -0.4 is 10.6 Å². The third-order valence-corrected chi connectivity index (χ3v) is 7.26. The standard InChI is InChI=1S/C23H44N4O2.HI/c1-5-28-21-17-20(23(21)11-7-6-8-12-23)26-22(24-4)25-19-9-13-27(14-10-19)15-16-29-18(2)3;/h18-21H,5-17H2,1-4H3,(H2,24,25,26);1H. The van der Waals surface area contributed by atoms with Crippen LogP contribution >= 0.6 is 24.0 Å². The number of guanidine groups is 1. The summed E-state index contributed by atoms with van der Waals surface area (Å²) in [6.45, 7) is 11.3. The highest BCUT2D eigenvalue weighted by Crippen LogP contribution is 2.53. The van der Waals surface area contributed by atoms with E-state index in [1.165, 1.54) is 44.9 Å². The molecule has 30 heavy (non-hydrogen) atoms. The molecule has 2 unspecified atom stereocenters. The van der Waals surface area contributed by atoms with Crippen molar-refractivity contribution in [1.82, 2.24) is 15.5 Å². The molecule has 0 radical (unpaired) electrons. The first kappa shape index (κ1) is 26.1. The first-order valence-electron chi connectivity index (χ1n) is 12.0. The minimum Gasteiger partial charge on any atom is -0.378 e. The molecule has 7 heteroatoms. The summed E-state index contributed by atoms with van der Waals surface area (Å²) in [5, 5.41) is 7.49. The van der Waals surface area contributed by atoms with Crippen molar-refractivity contribution in [3.8, 4) is 0 Å². The monoisotopic (exact) mass is 536 g/mol. The number of piperidine rings is 1. The Labute approximate surface area is 201 Å². The van der Waals surface area contributed by atoms with E-state index in [1.807, 2.05) is 7.05 Å². The molecule has 3 fully saturated rings. The highest BCUT2D eigenvalue weighted by molar-refractivity contribution is 14.0. The fraction of sp³-hybridized carbons (Fsp3) is 0.957. The van der Waals surface area contributed by atoms with E-state index in [4.69, 9.17) is 9.47 Å². The Kier molecular flexibility index (Phi) is 11.1. The number of hydrogen-bond donors (Lipinski definition) is 2. The predicted molar refractivity (Wildman–Crippen MR) is 135 cm³/mol. The van der Waals surface area contributed by atoms with E-state index in [0.29, 0.717) is 29.7 Å². The van der Waals surface area contributed by atoms with Crippen molar-refractivity contribution in [2.24, 2.45) is 10.4 Å². The second-order valence-corrected chi connectivity index (χ2v) is 9.42. The molecule has 0 aromatic rings. The first-order valence-corrected chi connectivity index (χ1v) is 12.0. The molecule has 1 aliphatic heterocycles. The van der Waals surface area contributed by atoms with Gasteiger partial charge in [-0.2, -0.15) is 0 Å². The Hall–Kier alpha value is -0.120. The van der Waals surface area contributed by atoms with Crippen molar-refractivity contribution in [1.29, 1.82) is 0 Å². The summed E-state index contributed by atoms with van der Waals surface area (Å²) >= 11 is 0. The van der Waals surface area contributed by atoms with Gasteiger partial charge in [0.1, 0.15) is 0 Å². The zero-order valence-electron chi connectivity index (χ0n) is 19.6. The lowest BCUT2D eigenvalue weighted by Gasteiger charge is -2.58. The number of ether oxygens (including phenoxy) is 2. The van der Waals surface area contributed by atoms with Crippen LogP contribution in [0.3, 0.4) is 0 Å². The van der Waals surface area contributed by atoms with Gasteiger partial charge >= 0.3 is 0 Å². The van der Waals surface area contributed by atoms with Crippen molar-refractivity contribution in [3.05, 3.63) is 0 Å². The molecule has 2 atom stereocenters. The summed E-state index contributed by atoms with van der Waals surface area (Å²) in [6, 6.07) is 1.01. The molecular weight excluding hydrogens is 491 g/mol. The van der Waals surface area contributed by atoms with E-state index >= 15 is 0 Å².